The summed E-state index contributed by atoms with van der Waals surface area (Å²) in [6.45, 7) is 3.32. The standard InChI is InChI=1S/C29H31NO4/c1-3-30-21-11-7-13-23(31)28(21)27(29-22(30)12-8-14-24(29)32)20-15-16-25(26(17-20)33-2)34-18-19-9-5-4-6-10-19/h4-6,9-10,15-17,27H,3,7-8,11-14,18H2,1-2H3. The molecule has 34 heavy (non-hydrogen) atoms. The van der Waals surface area contributed by atoms with Gasteiger partial charge >= 0.3 is 0 Å². The Balaban J connectivity index is 1.57. The third-order valence-corrected chi connectivity index (χ3v) is 7.16. The normalized spacial score (nSPS) is 18.7. The van der Waals surface area contributed by atoms with Crippen LogP contribution in [-0.2, 0) is 16.2 Å². The second kappa shape index (κ2) is 9.49. The highest BCUT2D eigenvalue weighted by molar-refractivity contribution is 6.06. The summed E-state index contributed by atoms with van der Waals surface area (Å²) in [5.41, 5.74) is 5.83. The molecule has 0 fully saturated rings. The first kappa shape index (κ1) is 22.5. The molecule has 3 aliphatic rings. The predicted molar refractivity (Wildman–Crippen MR) is 131 cm³/mol. The average molecular weight is 458 g/mol. The van der Waals surface area contributed by atoms with Crippen molar-refractivity contribution in [2.24, 2.45) is 0 Å². The predicted octanol–water partition coefficient (Wildman–Crippen LogP) is 5.71. The zero-order valence-corrected chi connectivity index (χ0v) is 19.9. The van der Waals surface area contributed by atoms with E-state index in [0.717, 1.165) is 65.9 Å². The van der Waals surface area contributed by atoms with Crippen LogP contribution in [0.4, 0.5) is 0 Å². The van der Waals surface area contributed by atoms with Crippen LogP contribution in [-0.4, -0.2) is 30.1 Å². The molecule has 5 heteroatoms. The van der Waals surface area contributed by atoms with E-state index in [9.17, 15) is 9.59 Å². The quantitative estimate of drug-likeness (QED) is 0.556. The van der Waals surface area contributed by atoms with Crippen LogP contribution in [0, 0.1) is 0 Å². The lowest BCUT2D eigenvalue weighted by atomic mass is 9.71. The molecule has 0 spiro atoms. The molecule has 2 aliphatic carbocycles. The molecule has 5 rings (SSSR count). The first-order valence-electron chi connectivity index (χ1n) is 12.3. The molecule has 5 nitrogen and oxygen atoms in total. The third kappa shape index (κ3) is 3.93. The fourth-order valence-corrected chi connectivity index (χ4v) is 5.65. The van der Waals surface area contributed by atoms with E-state index in [1.807, 2.05) is 48.5 Å². The zero-order chi connectivity index (χ0) is 23.7. The molecule has 0 aromatic heterocycles. The number of Topliss-reactive ketones (excluding diaryl/α,β-unsaturated/α-hetero) is 2. The molecule has 1 aliphatic heterocycles. The van der Waals surface area contributed by atoms with Gasteiger partial charge in [0.1, 0.15) is 6.61 Å². The lowest BCUT2D eigenvalue weighted by molar-refractivity contribution is -0.117. The summed E-state index contributed by atoms with van der Waals surface area (Å²) in [6.07, 6.45) is 4.58. The highest BCUT2D eigenvalue weighted by Crippen LogP contribution is 2.49. The summed E-state index contributed by atoms with van der Waals surface area (Å²) in [7, 11) is 1.63. The van der Waals surface area contributed by atoms with Crippen LogP contribution < -0.4 is 9.47 Å². The zero-order valence-electron chi connectivity index (χ0n) is 19.9. The maximum absolute atomic E-state index is 13.3. The monoisotopic (exact) mass is 457 g/mol. The van der Waals surface area contributed by atoms with Gasteiger partial charge in [0.2, 0.25) is 0 Å². The van der Waals surface area contributed by atoms with Crippen LogP contribution in [0.3, 0.4) is 0 Å². The summed E-state index contributed by atoms with van der Waals surface area (Å²) >= 11 is 0. The first-order chi connectivity index (χ1) is 16.6. The van der Waals surface area contributed by atoms with Gasteiger partial charge in [-0.15, -0.1) is 0 Å². The Morgan fingerprint density at radius 3 is 2.09 bits per heavy atom. The maximum Gasteiger partial charge on any atom is 0.161 e. The first-order valence-corrected chi connectivity index (χ1v) is 12.3. The number of allylic oxidation sites excluding steroid dienone is 4. The summed E-state index contributed by atoms with van der Waals surface area (Å²) in [5, 5.41) is 0. The lowest BCUT2D eigenvalue weighted by Gasteiger charge is -2.43. The minimum Gasteiger partial charge on any atom is -0.493 e. The highest BCUT2D eigenvalue weighted by atomic mass is 16.5. The number of carbonyl (C=O) groups is 2. The van der Waals surface area contributed by atoms with Crippen LogP contribution in [0.2, 0.25) is 0 Å². The molecule has 0 saturated heterocycles. The number of ketones is 2. The van der Waals surface area contributed by atoms with Crippen LogP contribution in [0.15, 0.2) is 71.1 Å². The smallest absolute Gasteiger partial charge is 0.161 e. The number of hydrogen-bond acceptors (Lipinski definition) is 5. The number of carbonyl (C=O) groups excluding carboxylic acids is 2. The van der Waals surface area contributed by atoms with Crippen LogP contribution >= 0.6 is 0 Å². The molecule has 176 valence electrons. The number of rotatable bonds is 6. The number of nitrogens with zero attached hydrogens (tertiary/aromatic N) is 1. The van der Waals surface area contributed by atoms with Crippen molar-refractivity contribution in [3.05, 3.63) is 82.2 Å². The van der Waals surface area contributed by atoms with Crippen LogP contribution in [0.5, 0.6) is 11.5 Å². The molecule has 1 heterocycles. The Labute approximate surface area is 201 Å². The summed E-state index contributed by atoms with van der Waals surface area (Å²) in [5.74, 6) is 1.26. The average Bonchev–Trinajstić information content (AvgIpc) is 2.87. The van der Waals surface area contributed by atoms with Gasteiger partial charge in [0.25, 0.3) is 0 Å². The topological polar surface area (TPSA) is 55.8 Å². The fraction of sp³-hybridized carbons (Fsp3) is 0.379. The van der Waals surface area contributed by atoms with Gasteiger partial charge in [0.05, 0.1) is 7.11 Å². The Hall–Kier alpha value is -3.34. The summed E-state index contributed by atoms with van der Waals surface area (Å²) < 4.78 is 11.8. The van der Waals surface area contributed by atoms with E-state index in [0.29, 0.717) is 30.9 Å². The van der Waals surface area contributed by atoms with Gasteiger partial charge < -0.3 is 14.4 Å². The van der Waals surface area contributed by atoms with E-state index in [1.54, 1.807) is 7.11 Å². The van der Waals surface area contributed by atoms with E-state index >= 15 is 0 Å². The van der Waals surface area contributed by atoms with Gasteiger partial charge in [-0.3, -0.25) is 9.59 Å². The van der Waals surface area contributed by atoms with Crippen LogP contribution in [0.25, 0.3) is 0 Å². The van der Waals surface area contributed by atoms with Crippen molar-refractivity contribution in [2.75, 3.05) is 13.7 Å². The molecule has 0 N–H and O–H groups in total. The number of methoxy groups -OCH3 is 1. The second-order valence-electron chi connectivity index (χ2n) is 9.14. The second-order valence-corrected chi connectivity index (χ2v) is 9.14. The molecular weight excluding hydrogens is 426 g/mol. The minimum atomic E-state index is -0.328. The molecular formula is C29H31NO4. The van der Waals surface area contributed by atoms with Gasteiger partial charge in [-0.1, -0.05) is 36.4 Å². The molecule has 0 unspecified atom stereocenters. The van der Waals surface area contributed by atoms with Crippen molar-refractivity contribution in [1.29, 1.82) is 0 Å². The van der Waals surface area contributed by atoms with E-state index in [-0.39, 0.29) is 17.5 Å². The van der Waals surface area contributed by atoms with E-state index in [1.165, 1.54) is 0 Å². The molecule has 2 aromatic carbocycles. The number of ether oxygens (including phenoxy) is 2. The fourth-order valence-electron chi connectivity index (χ4n) is 5.65. The van der Waals surface area contributed by atoms with Crippen molar-refractivity contribution in [1.82, 2.24) is 4.90 Å². The van der Waals surface area contributed by atoms with Gasteiger partial charge in [-0.05, 0) is 55.9 Å². The molecule has 0 bridgehead atoms. The van der Waals surface area contributed by atoms with Gasteiger partial charge in [0, 0.05) is 47.8 Å². The largest absolute Gasteiger partial charge is 0.493 e. The minimum absolute atomic E-state index is 0.165. The molecule has 2 aromatic rings. The van der Waals surface area contributed by atoms with E-state index in [2.05, 4.69) is 11.8 Å². The third-order valence-electron chi connectivity index (χ3n) is 7.16. The maximum atomic E-state index is 13.3. The van der Waals surface area contributed by atoms with Crippen molar-refractivity contribution < 1.29 is 19.1 Å². The summed E-state index contributed by atoms with van der Waals surface area (Å²) in [4.78, 5) is 28.8. The van der Waals surface area contributed by atoms with Crippen molar-refractivity contribution in [3.63, 3.8) is 0 Å². The number of benzene rings is 2. The highest BCUT2D eigenvalue weighted by Gasteiger charge is 2.43. The Bertz CT molecular complexity index is 1130. The SMILES string of the molecule is CCN1C2=C(C(=O)CCC2)C(c2ccc(OCc3ccccc3)c(OC)c2)C2=C1CCCC2=O. The van der Waals surface area contributed by atoms with Crippen molar-refractivity contribution in [3.8, 4) is 11.5 Å². The van der Waals surface area contributed by atoms with Crippen LogP contribution in [0.1, 0.15) is 62.5 Å². The molecule has 0 radical (unpaired) electrons. The molecule has 0 atom stereocenters. The van der Waals surface area contributed by atoms with Crippen molar-refractivity contribution >= 4 is 11.6 Å². The molecule has 0 saturated carbocycles. The molecule has 0 amide bonds. The van der Waals surface area contributed by atoms with E-state index < -0.39 is 0 Å². The van der Waals surface area contributed by atoms with E-state index in [4.69, 9.17) is 9.47 Å². The number of hydrogen-bond donors (Lipinski definition) is 0. The Kier molecular flexibility index (Phi) is 6.27. The Morgan fingerprint density at radius 1 is 0.853 bits per heavy atom. The van der Waals surface area contributed by atoms with Gasteiger partial charge in [-0.2, -0.15) is 0 Å². The van der Waals surface area contributed by atoms with Crippen molar-refractivity contribution in [2.45, 2.75) is 58.0 Å². The lowest BCUT2D eigenvalue weighted by Crippen LogP contribution is -2.39. The summed E-state index contributed by atoms with van der Waals surface area (Å²) in [6, 6.07) is 15.8. The van der Waals surface area contributed by atoms with Gasteiger partial charge in [-0.25, -0.2) is 0 Å². The Morgan fingerprint density at radius 2 is 1.50 bits per heavy atom. The van der Waals surface area contributed by atoms with Gasteiger partial charge in [0.15, 0.2) is 23.1 Å².